The van der Waals surface area contributed by atoms with Crippen LogP contribution in [-0.2, 0) is 21.6 Å². The molecule has 2 atom stereocenters. The second kappa shape index (κ2) is 11.6. The van der Waals surface area contributed by atoms with Gasteiger partial charge in [-0.1, -0.05) is 121 Å². The van der Waals surface area contributed by atoms with Crippen molar-refractivity contribution in [1.29, 1.82) is 0 Å². The topological polar surface area (TPSA) is 66.8 Å². The van der Waals surface area contributed by atoms with Crippen LogP contribution in [0, 0.1) is 5.92 Å². The van der Waals surface area contributed by atoms with Crippen molar-refractivity contribution in [2.45, 2.75) is 24.5 Å². The first-order valence-corrected chi connectivity index (χ1v) is 11.9. The minimum atomic E-state index is -1.08. The van der Waals surface area contributed by atoms with Gasteiger partial charge >= 0.3 is 5.97 Å². The first-order valence-electron chi connectivity index (χ1n) is 11.9. The Morgan fingerprint density at radius 2 is 1.09 bits per heavy atom. The fourth-order valence-electron chi connectivity index (χ4n) is 4.49. The van der Waals surface area contributed by atoms with Gasteiger partial charge in [0.2, 0.25) is 0 Å². The highest BCUT2D eigenvalue weighted by atomic mass is 16.5. The summed E-state index contributed by atoms with van der Waals surface area (Å²) >= 11 is 0. The highest BCUT2D eigenvalue weighted by Crippen LogP contribution is 2.41. The van der Waals surface area contributed by atoms with Crippen molar-refractivity contribution in [3.05, 3.63) is 144 Å². The first kappa shape index (κ1) is 24.4. The summed E-state index contributed by atoms with van der Waals surface area (Å²) in [5.41, 5.74) is 2.70. The zero-order chi connectivity index (χ0) is 24.5. The largest absolute Gasteiger partial charge is 0.481 e. The fraction of sp³-hybridized carbons (Fsp3) is 0.194. The number of hydrogen-bond donors (Lipinski definition) is 2. The molecule has 0 unspecified atom stereocenters. The van der Waals surface area contributed by atoms with Gasteiger partial charge in [0.15, 0.2) is 0 Å². The number of carboxylic acid groups (broad SMARTS) is 1. The predicted molar refractivity (Wildman–Crippen MR) is 137 cm³/mol. The smallest absolute Gasteiger partial charge is 0.311 e. The third-order valence-corrected chi connectivity index (χ3v) is 6.37. The predicted octanol–water partition coefficient (Wildman–Crippen LogP) is 5.69. The molecule has 0 saturated heterocycles. The Morgan fingerprint density at radius 1 is 0.686 bits per heavy atom. The molecule has 0 amide bonds. The van der Waals surface area contributed by atoms with Crippen LogP contribution in [0.3, 0.4) is 0 Å². The lowest BCUT2D eigenvalue weighted by Crippen LogP contribution is -2.39. The maximum absolute atomic E-state index is 12.2. The lowest BCUT2D eigenvalue weighted by molar-refractivity contribution is -0.151. The van der Waals surface area contributed by atoms with Crippen LogP contribution in [-0.4, -0.2) is 28.9 Å². The summed E-state index contributed by atoms with van der Waals surface area (Å²) in [4.78, 5) is 12.2. The van der Waals surface area contributed by atoms with Crippen molar-refractivity contribution in [2.24, 2.45) is 5.92 Å². The first-order chi connectivity index (χ1) is 17.1. The van der Waals surface area contributed by atoms with Gasteiger partial charge in [0.1, 0.15) is 11.5 Å². The summed E-state index contributed by atoms with van der Waals surface area (Å²) in [5.74, 6) is -2.15. The third-order valence-electron chi connectivity index (χ3n) is 6.37. The molecule has 0 fully saturated rings. The number of carbonyl (C=O) groups is 1. The van der Waals surface area contributed by atoms with E-state index in [1.165, 1.54) is 0 Å². The highest BCUT2D eigenvalue weighted by Gasteiger charge is 2.39. The molecule has 0 aliphatic heterocycles. The quantitative estimate of drug-likeness (QED) is 0.279. The lowest BCUT2D eigenvalue weighted by Gasteiger charge is -2.37. The Morgan fingerprint density at radius 3 is 1.49 bits per heavy atom. The van der Waals surface area contributed by atoms with Gasteiger partial charge in [0.25, 0.3) is 0 Å². The summed E-state index contributed by atoms with van der Waals surface area (Å²) in [6, 6.07) is 39.2. The molecule has 4 rings (SSSR count). The summed E-state index contributed by atoms with van der Waals surface area (Å²) in [6.07, 6.45) is -0.125. The van der Waals surface area contributed by atoms with Gasteiger partial charge in [-0.25, -0.2) is 0 Å². The second-order valence-electron chi connectivity index (χ2n) is 8.63. The summed E-state index contributed by atoms with van der Waals surface area (Å²) in [7, 11) is 0. The van der Waals surface area contributed by atoms with Crippen molar-refractivity contribution < 1.29 is 19.7 Å². The molecule has 0 spiro atoms. The van der Waals surface area contributed by atoms with Gasteiger partial charge in [-0.2, -0.15) is 0 Å². The molecule has 0 aliphatic rings. The number of aliphatic carboxylic acids is 1. The van der Waals surface area contributed by atoms with E-state index in [4.69, 9.17) is 4.74 Å². The van der Waals surface area contributed by atoms with E-state index < -0.39 is 23.6 Å². The van der Waals surface area contributed by atoms with Crippen LogP contribution in [0.4, 0.5) is 0 Å². The van der Waals surface area contributed by atoms with E-state index in [2.05, 4.69) is 0 Å². The average Bonchev–Trinajstić information content (AvgIpc) is 2.92. The van der Waals surface area contributed by atoms with Gasteiger partial charge in [-0.3, -0.25) is 4.79 Å². The molecular weight excluding hydrogens is 436 g/mol. The van der Waals surface area contributed by atoms with Gasteiger partial charge in [0.05, 0.1) is 12.7 Å². The Bertz CT molecular complexity index is 1080. The molecule has 178 valence electrons. The number of ether oxygens (including phenoxy) is 1. The molecular formula is C31H30O4. The van der Waals surface area contributed by atoms with E-state index in [1.807, 2.05) is 121 Å². The summed E-state index contributed by atoms with van der Waals surface area (Å²) in [6.45, 7) is -0.149. The zero-order valence-electron chi connectivity index (χ0n) is 19.5. The highest BCUT2D eigenvalue weighted by molar-refractivity contribution is 5.71. The maximum atomic E-state index is 12.2. The van der Waals surface area contributed by atoms with Crippen LogP contribution in [0.5, 0.6) is 0 Å². The number of rotatable bonds is 11. The Hall–Kier alpha value is -3.73. The maximum Gasteiger partial charge on any atom is 0.311 e. The van der Waals surface area contributed by atoms with Gasteiger partial charge < -0.3 is 14.9 Å². The Labute approximate surface area is 206 Å². The summed E-state index contributed by atoms with van der Waals surface area (Å²) in [5, 5.41) is 20.9. The molecule has 4 nitrogen and oxygen atoms in total. The van der Waals surface area contributed by atoms with Crippen LogP contribution in [0.25, 0.3) is 0 Å². The van der Waals surface area contributed by atoms with Crippen molar-refractivity contribution in [3.63, 3.8) is 0 Å². The Kier molecular flexibility index (Phi) is 8.09. The molecule has 2 N–H and O–H groups in total. The molecule has 0 heterocycles. The van der Waals surface area contributed by atoms with E-state index in [0.29, 0.717) is 12.8 Å². The molecule has 0 saturated carbocycles. The SMILES string of the molecule is O=C(O)[C@@H](COC(c1ccccc1)(c1ccccc1)c1ccccc1)[C@@H](O)CCc1ccccc1. The van der Waals surface area contributed by atoms with Crippen LogP contribution in [0.15, 0.2) is 121 Å². The second-order valence-corrected chi connectivity index (χ2v) is 8.63. The molecule has 35 heavy (non-hydrogen) atoms. The van der Waals surface area contributed by atoms with Crippen LogP contribution < -0.4 is 0 Å². The van der Waals surface area contributed by atoms with E-state index in [9.17, 15) is 15.0 Å². The standard InChI is InChI=1S/C31H30O4/c32-29(22-21-24-13-5-1-6-14-24)28(30(33)34)23-35-31(25-15-7-2-8-16-25,26-17-9-3-10-18-26)27-19-11-4-12-20-27/h1-20,28-29,32H,21-23H2,(H,33,34)/t28-,29-/m0/s1. The fourth-order valence-corrected chi connectivity index (χ4v) is 4.49. The Balaban J connectivity index is 1.68. The number of hydrogen-bond acceptors (Lipinski definition) is 3. The van der Waals surface area contributed by atoms with Gasteiger partial charge in [-0.05, 0) is 35.1 Å². The van der Waals surface area contributed by atoms with E-state index in [0.717, 1.165) is 22.3 Å². The van der Waals surface area contributed by atoms with Gasteiger partial charge in [-0.15, -0.1) is 0 Å². The molecule has 4 aromatic carbocycles. The van der Waals surface area contributed by atoms with Crippen molar-refractivity contribution >= 4 is 5.97 Å². The van der Waals surface area contributed by atoms with Crippen molar-refractivity contribution in [3.8, 4) is 0 Å². The third kappa shape index (κ3) is 5.68. The van der Waals surface area contributed by atoms with Crippen LogP contribution in [0.1, 0.15) is 28.7 Å². The van der Waals surface area contributed by atoms with Crippen molar-refractivity contribution in [1.82, 2.24) is 0 Å². The van der Waals surface area contributed by atoms with Crippen LogP contribution in [0.2, 0.25) is 0 Å². The normalized spacial score (nSPS) is 13.2. The van der Waals surface area contributed by atoms with E-state index in [1.54, 1.807) is 0 Å². The van der Waals surface area contributed by atoms with E-state index in [-0.39, 0.29) is 6.61 Å². The number of carboxylic acids is 1. The number of aryl methyl sites for hydroxylation is 1. The monoisotopic (exact) mass is 466 g/mol. The van der Waals surface area contributed by atoms with E-state index >= 15 is 0 Å². The number of aliphatic hydroxyl groups is 1. The lowest BCUT2D eigenvalue weighted by atomic mass is 9.80. The molecule has 0 aliphatic carbocycles. The minimum Gasteiger partial charge on any atom is -0.481 e. The van der Waals surface area contributed by atoms with Crippen molar-refractivity contribution in [2.75, 3.05) is 6.61 Å². The number of benzene rings is 4. The molecule has 0 radical (unpaired) electrons. The zero-order valence-corrected chi connectivity index (χ0v) is 19.5. The van der Waals surface area contributed by atoms with Gasteiger partial charge in [0, 0.05) is 0 Å². The minimum absolute atomic E-state index is 0.149. The average molecular weight is 467 g/mol. The van der Waals surface area contributed by atoms with Crippen LogP contribution >= 0.6 is 0 Å². The summed E-state index contributed by atoms with van der Waals surface area (Å²) < 4.78 is 6.64. The molecule has 4 heteroatoms. The molecule has 0 aromatic heterocycles. The molecule has 4 aromatic rings. The molecule has 0 bridgehead atoms. The number of aliphatic hydroxyl groups excluding tert-OH is 1.